The van der Waals surface area contributed by atoms with E-state index in [1.807, 2.05) is 0 Å². The number of ether oxygens (including phenoxy) is 2. The van der Waals surface area contributed by atoms with Gasteiger partial charge in [0.2, 0.25) is 18.6 Å². The largest absolute Gasteiger partial charge is 0.427 e. The first-order valence-electron chi connectivity index (χ1n) is 8.58. The minimum absolute atomic E-state index is 0.0261. The van der Waals surface area contributed by atoms with Crippen LogP contribution < -0.4 is 5.73 Å². The second-order valence-electron chi connectivity index (χ2n) is 7.51. The van der Waals surface area contributed by atoms with Crippen molar-refractivity contribution in [1.29, 1.82) is 0 Å². The van der Waals surface area contributed by atoms with Gasteiger partial charge in [0.25, 0.3) is 0 Å². The normalized spacial score (nSPS) is 23.6. The summed E-state index contributed by atoms with van der Waals surface area (Å²) in [6.45, 7) is 7.46. The highest BCUT2D eigenvalue weighted by Gasteiger charge is 2.58. The van der Waals surface area contributed by atoms with Crippen LogP contribution in [0.25, 0.3) is 0 Å². The monoisotopic (exact) mass is 432 g/mol. The maximum absolute atomic E-state index is 12.6. The number of hydrogen-bond donors (Lipinski definition) is 2. The summed E-state index contributed by atoms with van der Waals surface area (Å²) in [5.41, 5.74) is 4.51. The highest BCUT2D eigenvalue weighted by atomic mass is 32.2. The van der Waals surface area contributed by atoms with Crippen molar-refractivity contribution >= 4 is 47.3 Å². The zero-order chi connectivity index (χ0) is 21.4. The maximum Gasteiger partial charge on any atom is 0.359 e. The van der Waals surface area contributed by atoms with Gasteiger partial charge >= 0.3 is 11.9 Å². The van der Waals surface area contributed by atoms with E-state index in [0.717, 1.165) is 11.8 Å². The lowest BCUT2D eigenvalue weighted by Gasteiger charge is -2.43. The van der Waals surface area contributed by atoms with Crippen LogP contribution in [0, 0.1) is 11.3 Å². The predicted octanol–water partition coefficient (Wildman–Crippen LogP) is 0.765. The molecule has 0 saturated carbocycles. The molecule has 156 valence electrons. The van der Waals surface area contributed by atoms with E-state index in [1.54, 1.807) is 27.7 Å². The molecule has 1 saturated heterocycles. The molecule has 0 aromatic rings. The zero-order valence-electron chi connectivity index (χ0n) is 16.3. The Hall–Kier alpha value is -1.72. The SMILES string of the molecule is CC(SC1=C(C(=O)OCOC(=O)C(C)(C)C)N2C(=O)C(C(C)O)[C@H]2S1)C(N)=O. The van der Waals surface area contributed by atoms with Gasteiger partial charge in [-0.25, -0.2) is 4.79 Å². The molecule has 4 atom stereocenters. The molecule has 1 fully saturated rings. The van der Waals surface area contributed by atoms with Crippen molar-refractivity contribution in [2.45, 2.75) is 51.3 Å². The third-order valence-electron chi connectivity index (χ3n) is 4.14. The van der Waals surface area contributed by atoms with E-state index >= 15 is 0 Å². The van der Waals surface area contributed by atoms with Crippen LogP contribution >= 0.6 is 23.5 Å². The molecular weight excluding hydrogens is 408 g/mol. The summed E-state index contributed by atoms with van der Waals surface area (Å²) in [6.07, 6.45) is -0.885. The molecule has 3 N–H and O–H groups in total. The van der Waals surface area contributed by atoms with E-state index in [9.17, 15) is 24.3 Å². The van der Waals surface area contributed by atoms with E-state index in [1.165, 1.54) is 23.6 Å². The molecule has 0 aromatic carbocycles. The number of primary amides is 1. The van der Waals surface area contributed by atoms with Crippen LogP contribution in [0.4, 0.5) is 0 Å². The highest BCUT2D eigenvalue weighted by Crippen LogP contribution is 2.54. The second-order valence-corrected chi connectivity index (χ2v) is 10.2. The van der Waals surface area contributed by atoms with Crippen molar-refractivity contribution in [2.75, 3.05) is 6.79 Å². The van der Waals surface area contributed by atoms with Gasteiger partial charge in [0, 0.05) is 0 Å². The number of aliphatic hydroxyl groups excluding tert-OH is 1. The molecule has 9 nitrogen and oxygen atoms in total. The molecule has 28 heavy (non-hydrogen) atoms. The molecule has 2 heterocycles. The van der Waals surface area contributed by atoms with Gasteiger partial charge in [-0.15, -0.1) is 11.8 Å². The van der Waals surface area contributed by atoms with E-state index in [-0.39, 0.29) is 5.70 Å². The fourth-order valence-corrected chi connectivity index (χ4v) is 5.46. The summed E-state index contributed by atoms with van der Waals surface area (Å²) in [4.78, 5) is 49.4. The van der Waals surface area contributed by atoms with Crippen LogP contribution in [0.5, 0.6) is 0 Å². The third kappa shape index (κ3) is 4.47. The summed E-state index contributed by atoms with van der Waals surface area (Å²) in [5.74, 6) is -3.04. The van der Waals surface area contributed by atoms with Gasteiger partial charge in [-0.3, -0.25) is 19.3 Å². The topological polar surface area (TPSA) is 136 Å². The van der Waals surface area contributed by atoms with Crippen LogP contribution in [-0.2, 0) is 28.7 Å². The number of esters is 2. The van der Waals surface area contributed by atoms with Gasteiger partial charge in [-0.1, -0.05) is 11.8 Å². The van der Waals surface area contributed by atoms with Crippen molar-refractivity contribution < 1.29 is 33.8 Å². The Morgan fingerprint density at radius 1 is 1.29 bits per heavy atom. The van der Waals surface area contributed by atoms with Crippen molar-refractivity contribution in [3.63, 3.8) is 0 Å². The summed E-state index contributed by atoms with van der Waals surface area (Å²) in [7, 11) is 0. The minimum Gasteiger partial charge on any atom is -0.427 e. The van der Waals surface area contributed by atoms with Crippen LogP contribution in [-0.4, -0.2) is 57.3 Å². The second kappa shape index (κ2) is 8.34. The van der Waals surface area contributed by atoms with E-state index in [2.05, 4.69) is 0 Å². The molecule has 2 aliphatic rings. The van der Waals surface area contributed by atoms with Crippen LogP contribution in [0.15, 0.2) is 9.93 Å². The Bertz CT molecular complexity index is 730. The molecule has 0 radical (unpaired) electrons. The molecule has 2 rings (SSSR count). The third-order valence-corrected chi connectivity index (χ3v) is 6.86. The molecule has 0 bridgehead atoms. The average Bonchev–Trinajstić information content (AvgIpc) is 2.87. The number of carbonyl (C=O) groups excluding carboxylic acids is 4. The Labute approximate surface area is 171 Å². The molecule has 11 heteroatoms. The number of hydrogen-bond acceptors (Lipinski definition) is 9. The van der Waals surface area contributed by atoms with Crippen molar-refractivity contribution in [3.8, 4) is 0 Å². The van der Waals surface area contributed by atoms with Gasteiger partial charge in [0.1, 0.15) is 5.37 Å². The molecule has 0 spiro atoms. The Morgan fingerprint density at radius 3 is 2.39 bits per heavy atom. The predicted molar refractivity (Wildman–Crippen MR) is 103 cm³/mol. The standard InChI is InChI=1S/C17H24N2O7S2/c1-7(20)9-12(22)19-10(14(23)25-6-26-16(24)17(3,4)5)15(28-13(9)19)27-8(2)11(18)21/h7-9,13,20H,6H2,1-5H3,(H2,18,21)/t7?,8?,9?,13-/m1/s1. The summed E-state index contributed by atoms with van der Waals surface area (Å²) in [6, 6.07) is 0. The number of rotatable bonds is 7. The van der Waals surface area contributed by atoms with Gasteiger partial charge in [0.05, 0.1) is 26.9 Å². The number of aliphatic hydroxyl groups is 1. The quantitative estimate of drug-likeness (QED) is 0.339. The first-order chi connectivity index (χ1) is 12.9. The van der Waals surface area contributed by atoms with Crippen LogP contribution in [0.3, 0.4) is 0 Å². The Kier molecular flexibility index (Phi) is 6.72. The Balaban J connectivity index is 2.15. The average molecular weight is 433 g/mol. The molecule has 3 unspecified atom stereocenters. The van der Waals surface area contributed by atoms with Gasteiger partial charge in [-0.05, 0) is 34.6 Å². The highest BCUT2D eigenvalue weighted by molar-refractivity contribution is 8.23. The van der Waals surface area contributed by atoms with E-state index in [0.29, 0.717) is 4.24 Å². The molecule has 0 aromatic heterocycles. The van der Waals surface area contributed by atoms with Crippen molar-refractivity contribution in [2.24, 2.45) is 17.1 Å². The summed E-state index contributed by atoms with van der Waals surface area (Å²) < 4.78 is 10.3. The molecule has 0 aliphatic carbocycles. The number of thioether (sulfide) groups is 2. The van der Waals surface area contributed by atoms with E-state index in [4.69, 9.17) is 15.2 Å². The summed E-state index contributed by atoms with van der Waals surface area (Å²) >= 11 is 2.24. The molecular formula is C17H24N2O7S2. The number of nitrogens with zero attached hydrogens (tertiary/aromatic N) is 1. The first-order valence-corrected chi connectivity index (χ1v) is 10.3. The maximum atomic E-state index is 12.6. The fourth-order valence-electron chi connectivity index (χ4n) is 2.46. The van der Waals surface area contributed by atoms with Gasteiger partial charge < -0.3 is 20.3 Å². The fraction of sp³-hybridized carbons (Fsp3) is 0.647. The minimum atomic E-state index is -0.885. The number of β-lactam (4-membered cyclic amide) rings is 1. The van der Waals surface area contributed by atoms with Crippen molar-refractivity contribution in [1.82, 2.24) is 4.90 Å². The number of fused-ring (bicyclic) bond motifs is 1. The molecule has 2 aliphatic heterocycles. The number of nitrogens with two attached hydrogens (primary N) is 1. The van der Waals surface area contributed by atoms with Crippen LogP contribution in [0.2, 0.25) is 0 Å². The first kappa shape index (κ1) is 22.6. The lowest BCUT2D eigenvalue weighted by atomic mass is 9.92. The van der Waals surface area contributed by atoms with Gasteiger partial charge in [-0.2, -0.15) is 0 Å². The lowest BCUT2D eigenvalue weighted by molar-refractivity contribution is -0.174. The zero-order valence-corrected chi connectivity index (χ0v) is 17.9. The number of amides is 2. The Morgan fingerprint density at radius 2 is 1.89 bits per heavy atom. The molecule has 2 amide bonds. The van der Waals surface area contributed by atoms with Gasteiger partial charge in [0.15, 0.2) is 5.70 Å². The number of carbonyl (C=O) groups is 4. The summed E-state index contributed by atoms with van der Waals surface area (Å²) in [5, 5.41) is 8.72. The van der Waals surface area contributed by atoms with Crippen LogP contribution in [0.1, 0.15) is 34.6 Å². The lowest BCUT2D eigenvalue weighted by Crippen LogP contribution is -2.60. The smallest absolute Gasteiger partial charge is 0.359 e. The van der Waals surface area contributed by atoms with E-state index < -0.39 is 58.6 Å². The van der Waals surface area contributed by atoms with Crippen molar-refractivity contribution in [3.05, 3.63) is 9.93 Å².